The van der Waals surface area contributed by atoms with Crippen LogP contribution in [0.15, 0.2) is 0 Å². The van der Waals surface area contributed by atoms with E-state index in [1.54, 1.807) is 12.0 Å². The van der Waals surface area contributed by atoms with E-state index < -0.39 is 6.10 Å². The molecule has 2 aliphatic heterocycles. The molecule has 2 N–H and O–H groups in total. The summed E-state index contributed by atoms with van der Waals surface area (Å²) in [6, 6.07) is -0.177. The van der Waals surface area contributed by atoms with Crippen molar-refractivity contribution in [3.8, 4) is 0 Å². The normalized spacial score (nSPS) is 28.7. The highest BCUT2D eigenvalue weighted by molar-refractivity contribution is 5.82. The Morgan fingerprint density at radius 1 is 1.52 bits per heavy atom. The molecule has 0 aromatic carbocycles. The molecular formula is C13H21N5O3. The summed E-state index contributed by atoms with van der Waals surface area (Å²) in [6.45, 7) is 4.01. The van der Waals surface area contributed by atoms with Gasteiger partial charge in [-0.15, -0.1) is 10.2 Å². The molecular weight excluding hydrogens is 274 g/mol. The SMILES string of the molecule is COCc1nnc2n1[C@@H](C)CN(C(=O)[C@H]1C[C@@H](O)CN1)C2. The summed E-state index contributed by atoms with van der Waals surface area (Å²) in [7, 11) is 1.63. The number of aliphatic hydroxyl groups excluding tert-OH is 1. The van der Waals surface area contributed by atoms with Gasteiger partial charge in [0.2, 0.25) is 5.91 Å². The number of carbonyl (C=O) groups excluding carboxylic acids is 1. The van der Waals surface area contributed by atoms with Crippen LogP contribution in [0.3, 0.4) is 0 Å². The molecule has 0 radical (unpaired) electrons. The molecule has 1 amide bonds. The van der Waals surface area contributed by atoms with Gasteiger partial charge in [0.15, 0.2) is 11.6 Å². The van der Waals surface area contributed by atoms with Gasteiger partial charge >= 0.3 is 0 Å². The van der Waals surface area contributed by atoms with E-state index >= 15 is 0 Å². The minimum Gasteiger partial charge on any atom is -0.392 e. The summed E-state index contributed by atoms with van der Waals surface area (Å²) < 4.78 is 7.17. The first kappa shape index (κ1) is 14.4. The summed E-state index contributed by atoms with van der Waals surface area (Å²) >= 11 is 0. The quantitative estimate of drug-likeness (QED) is 0.747. The van der Waals surface area contributed by atoms with E-state index in [1.807, 2.05) is 11.5 Å². The number of nitrogens with zero attached hydrogens (tertiary/aromatic N) is 4. The standard InChI is InChI=1S/C13H21N5O3/c1-8-5-17(13(20)10-3-9(19)4-14-10)6-11-15-16-12(7-21-2)18(8)11/h8-10,14,19H,3-7H2,1-2H3/t8-,9+,10+/m0/s1. The number of β-amino-alcohol motifs (C(OH)–C–C–N with tert-alkyl or cyclic N) is 1. The number of aliphatic hydroxyl groups is 1. The van der Waals surface area contributed by atoms with Crippen LogP contribution in [0.2, 0.25) is 0 Å². The van der Waals surface area contributed by atoms with Gasteiger partial charge in [0, 0.05) is 20.2 Å². The minimum absolute atomic E-state index is 0.0286. The Balaban J connectivity index is 1.74. The maximum atomic E-state index is 12.5. The molecule has 1 saturated heterocycles. The Kier molecular flexibility index (Phi) is 3.92. The lowest BCUT2D eigenvalue weighted by Gasteiger charge is -2.34. The summed E-state index contributed by atoms with van der Waals surface area (Å²) in [5.74, 6) is 1.61. The van der Waals surface area contributed by atoms with Crippen molar-refractivity contribution in [3.63, 3.8) is 0 Å². The van der Waals surface area contributed by atoms with Gasteiger partial charge in [-0.1, -0.05) is 0 Å². The fourth-order valence-electron chi connectivity index (χ4n) is 3.13. The first-order valence-corrected chi connectivity index (χ1v) is 7.22. The number of hydrogen-bond acceptors (Lipinski definition) is 6. The van der Waals surface area contributed by atoms with Crippen molar-refractivity contribution in [3.05, 3.63) is 11.6 Å². The summed E-state index contributed by atoms with van der Waals surface area (Å²) in [4.78, 5) is 14.3. The van der Waals surface area contributed by atoms with Crippen molar-refractivity contribution >= 4 is 5.91 Å². The Morgan fingerprint density at radius 2 is 2.33 bits per heavy atom. The molecule has 116 valence electrons. The van der Waals surface area contributed by atoms with Crippen LogP contribution in [0.4, 0.5) is 0 Å². The van der Waals surface area contributed by atoms with E-state index in [9.17, 15) is 9.90 Å². The third kappa shape index (κ3) is 2.66. The number of hydrogen-bond donors (Lipinski definition) is 2. The van der Waals surface area contributed by atoms with Crippen molar-refractivity contribution in [1.82, 2.24) is 25.0 Å². The Labute approximate surface area is 123 Å². The number of fused-ring (bicyclic) bond motifs is 1. The predicted molar refractivity (Wildman–Crippen MR) is 73.3 cm³/mol. The van der Waals surface area contributed by atoms with E-state index in [4.69, 9.17) is 4.74 Å². The molecule has 0 spiro atoms. The van der Waals surface area contributed by atoms with Crippen LogP contribution in [0.1, 0.15) is 31.0 Å². The van der Waals surface area contributed by atoms with Crippen molar-refractivity contribution in [2.45, 2.75) is 44.7 Å². The molecule has 1 aromatic heterocycles. The maximum absolute atomic E-state index is 12.5. The van der Waals surface area contributed by atoms with E-state index in [0.717, 1.165) is 11.6 Å². The zero-order chi connectivity index (χ0) is 15.0. The Morgan fingerprint density at radius 3 is 3.00 bits per heavy atom. The van der Waals surface area contributed by atoms with Gasteiger partial charge in [0.05, 0.1) is 24.7 Å². The van der Waals surface area contributed by atoms with Gasteiger partial charge in [-0.25, -0.2) is 0 Å². The summed E-state index contributed by atoms with van der Waals surface area (Å²) in [6.07, 6.45) is 0.0452. The smallest absolute Gasteiger partial charge is 0.240 e. The first-order valence-electron chi connectivity index (χ1n) is 7.22. The average Bonchev–Trinajstić information content (AvgIpc) is 3.05. The van der Waals surface area contributed by atoms with E-state index in [0.29, 0.717) is 32.7 Å². The second-order valence-corrected chi connectivity index (χ2v) is 5.75. The second-order valence-electron chi connectivity index (χ2n) is 5.75. The van der Waals surface area contributed by atoms with Crippen molar-refractivity contribution in [2.75, 3.05) is 20.2 Å². The molecule has 0 saturated carbocycles. The lowest BCUT2D eigenvalue weighted by Crippen LogP contribution is -2.48. The number of aromatic nitrogens is 3. The van der Waals surface area contributed by atoms with Gasteiger partial charge in [-0.2, -0.15) is 0 Å². The monoisotopic (exact) mass is 295 g/mol. The van der Waals surface area contributed by atoms with Crippen LogP contribution in [-0.2, 0) is 22.7 Å². The van der Waals surface area contributed by atoms with Crippen LogP contribution < -0.4 is 5.32 Å². The molecule has 1 fully saturated rings. The Bertz CT molecular complexity index is 532. The topological polar surface area (TPSA) is 92.5 Å². The van der Waals surface area contributed by atoms with E-state index in [2.05, 4.69) is 15.5 Å². The Hall–Kier alpha value is -1.51. The molecule has 3 rings (SSSR count). The molecule has 1 aromatic rings. The zero-order valence-corrected chi connectivity index (χ0v) is 12.3. The molecule has 3 atom stereocenters. The van der Waals surface area contributed by atoms with Crippen molar-refractivity contribution in [1.29, 1.82) is 0 Å². The van der Waals surface area contributed by atoms with Crippen LogP contribution in [0, 0.1) is 0 Å². The van der Waals surface area contributed by atoms with Crippen LogP contribution in [0.5, 0.6) is 0 Å². The van der Waals surface area contributed by atoms with E-state index in [1.165, 1.54) is 0 Å². The first-order chi connectivity index (χ1) is 10.1. The molecule has 0 unspecified atom stereocenters. The van der Waals surface area contributed by atoms with Gasteiger partial charge in [0.1, 0.15) is 6.61 Å². The van der Waals surface area contributed by atoms with E-state index in [-0.39, 0.29) is 18.0 Å². The minimum atomic E-state index is -0.432. The number of nitrogens with one attached hydrogen (secondary N) is 1. The van der Waals surface area contributed by atoms with Crippen LogP contribution in [0.25, 0.3) is 0 Å². The van der Waals surface area contributed by atoms with Crippen molar-refractivity contribution in [2.24, 2.45) is 0 Å². The van der Waals surface area contributed by atoms with Crippen LogP contribution in [-0.4, -0.2) is 63.0 Å². The molecule has 8 nitrogen and oxygen atoms in total. The number of rotatable bonds is 3. The molecule has 2 aliphatic rings. The highest BCUT2D eigenvalue weighted by Gasteiger charge is 2.35. The number of ether oxygens (including phenoxy) is 1. The molecule has 21 heavy (non-hydrogen) atoms. The lowest BCUT2D eigenvalue weighted by molar-refractivity contribution is -0.135. The summed E-state index contributed by atoms with van der Waals surface area (Å²) in [5, 5.41) is 20.9. The van der Waals surface area contributed by atoms with Crippen LogP contribution >= 0.6 is 0 Å². The van der Waals surface area contributed by atoms with Gasteiger partial charge in [-0.3, -0.25) is 4.79 Å². The fourth-order valence-corrected chi connectivity index (χ4v) is 3.13. The third-order valence-electron chi connectivity index (χ3n) is 4.09. The second kappa shape index (κ2) is 5.70. The maximum Gasteiger partial charge on any atom is 0.240 e. The highest BCUT2D eigenvalue weighted by atomic mass is 16.5. The van der Waals surface area contributed by atoms with Gasteiger partial charge in [-0.05, 0) is 13.3 Å². The number of carbonyl (C=O) groups is 1. The average molecular weight is 295 g/mol. The molecule has 0 aliphatic carbocycles. The summed E-state index contributed by atoms with van der Waals surface area (Å²) in [5.41, 5.74) is 0. The number of methoxy groups -OCH3 is 1. The largest absolute Gasteiger partial charge is 0.392 e. The molecule has 3 heterocycles. The van der Waals surface area contributed by atoms with Gasteiger partial charge < -0.3 is 24.6 Å². The third-order valence-corrected chi connectivity index (χ3v) is 4.09. The van der Waals surface area contributed by atoms with Gasteiger partial charge in [0.25, 0.3) is 0 Å². The molecule has 0 bridgehead atoms. The predicted octanol–water partition coefficient (Wildman–Crippen LogP) is -0.949. The van der Waals surface area contributed by atoms with Crippen molar-refractivity contribution < 1.29 is 14.6 Å². The highest BCUT2D eigenvalue weighted by Crippen LogP contribution is 2.23. The fraction of sp³-hybridized carbons (Fsp3) is 0.769. The zero-order valence-electron chi connectivity index (χ0n) is 12.3. The lowest BCUT2D eigenvalue weighted by atomic mass is 10.1. The number of amides is 1. The molecule has 8 heteroatoms.